The fraction of sp³-hybridized carbons (Fsp3) is 0.333. The Bertz CT molecular complexity index is 967. The molecule has 9 heteroatoms. The van der Waals surface area contributed by atoms with E-state index in [0.717, 1.165) is 12.8 Å². The number of carbonyl (C=O) groups excluding carboxylic acids is 2. The van der Waals surface area contributed by atoms with Crippen LogP contribution in [0.5, 0.6) is 5.88 Å². The van der Waals surface area contributed by atoms with Crippen molar-refractivity contribution in [2.75, 3.05) is 30.8 Å². The van der Waals surface area contributed by atoms with Gasteiger partial charge >= 0.3 is 0 Å². The molecule has 2 aromatic rings. The molecule has 0 aliphatic carbocycles. The van der Waals surface area contributed by atoms with Crippen LogP contribution < -0.4 is 15.4 Å². The highest BCUT2D eigenvalue weighted by Crippen LogP contribution is 2.28. The zero-order chi connectivity index (χ0) is 21.7. The number of anilines is 2. The maximum Gasteiger partial charge on any atom is 0.254 e. The van der Waals surface area contributed by atoms with Gasteiger partial charge in [-0.1, -0.05) is 24.2 Å². The van der Waals surface area contributed by atoms with Crippen molar-refractivity contribution in [1.29, 1.82) is 0 Å². The second-order valence-electron chi connectivity index (χ2n) is 7.34. The number of ether oxygens (including phenoxy) is 1. The quantitative estimate of drug-likeness (QED) is 0.683. The third-order valence-corrected chi connectivity index (χ3v) is 5.12. The molecule has 1 aromatic heterocycles. The van der Waals surface area contributed by atoms with Crippen molar-refractivity contribution in [2.45, 2.75) is 25.3 Å². The highest BCUT2D eigenvalue weighted by atomic mass is 35.5. The molecule has 158 valence electrons. The van der Waals surface area contributed by atoms with E-state index in [0.29, 0.717) is 41.2 Å². The van der Waals surface area contributed by atoms with E-state index in [1.165, 1.54) is 19.4 Å². The van der Waals surface area contributed by atoms with E-state index in [4.69, 9.17) is 16.3 Å². The summed E-state index contributed by atoms with van der Waals surface area (Å²) in [6, 6.07) is 6.86. The van der Waals surface area contributed by atoms with Crippen molar-refractivity contribution >= 4 is 35.1 Å². The van der Waals surface area contributed by atoms with E-state index in [1.54, 1.807) is 29.2 Å². The number of amides is 2. The molecule has 1 atom stereocenters. The van der Waals surface area contributed by atoms with Gasteiger partial charge in [-0.15, -0.1) is 0 Å². The van der Waals surface area contributed by atoms with Crippen molar-refractivity contribution in [2.24, 2.45) is 0 Å². The van der Waals surface area contributed by atoms with E-state index in [-0.39, 0.29) is 11.8 Å². The second-order valence-corrected chi connectivity index (χ2v) is 7.75. The van der Waals surface area contributed by atoms with Crippen LogP contribution in [-0.4, -0.2) is 52.4 Å². The van der Waals surface area contributed by atoms with Gasteiger partial charge in [-0.3, -0.25) is 9.59 Å². The highest BCUT2D eigenvalue weighted by Gasteiger charge is 2.34. The molecule has 0 saturated carbocycles. The minimum absolute atomic E-state index is 0.105. The number of rotatable bonds is 6. The first-order chi connectivity index (χ1) is 14.3. The SMILES string of the molecule is C=CC(=O)Nc1cccc(C(=O)N2CCC[C@@](C)(Nc3ncc(Cl)c(OC)n3)C2)c1. The summed E-state index contributed by atoms with van der Waals surface area (Å²) in [6.45, 7) is 6.58. The fourth-order valence-corrected chi connectivity index (χ4v) is 3.61. The van der Waals surface area contributed by atoms with Crippen molar-refractivity contribution in [3.8, 4) is 5.88 Å². The number of aromatic nitrogens is 2. The topological polar surface area (TPSA) is 96.5 Å². The number of halogens is 1. The Morgan fingerprint density at radius 2 is 2.20 bits per heavy atom. The van der Waals surface area contributed by atoms with Crippen molar-refractivity contribution in [3.05, 3.63) is 53.7 Å². The predicted octanol–water partition coefficient (Wildman–Crippen LogP) is 3.37. The van der Waals surface area contributed by atoms with Gasteiger partial charge in [0.2, 0.25) is 17.7 Å². The Morgan fingerprint density at radius 3 is 2.93 bits per heavy atom. The van der Waals surface area contributed by atoms with E-state index in [9.17, 15) is 9.59 Å². The Labute approximate surface area is 180 Å². The van der Waals surface area contributed by atoms with Gasteiger partial charge < -0.3 is 20.3 Å². The number of carbonyl (C=O) groups is 2. The Morgan fingerprint density at radius 1 is 1.40 bits per heavy atom. The van der Waals surface area contributed by atoms with Crippen LogP contribution in [0.3, 0.4) is 0 Å². The number of hydrogen-bond donors (Lipinski definition) is 2. The van der Waals surface area contributed by atoms with Crippen molar-refractivity contribution in [3.63, 3.8) is 0 Å². The van der Waals surface area contributed by atoms with Crippen LogP contribution in [0, 0.1) is 0 Å². The molecule has 30 heavy (non-hydrogen) atoms. The Hall–Kier alpha value is -3.13. The summed E-state index contributed by atoms with van der Waals surface area (Å²) in [6.07, 6.45) is 4.34. The van der Waals surface area contributed by atoms with Gasteiger partial charge in [-0.25, -0.2) is 4.98 Å². The van der Waals surface area contributed by atoms with Gasteiger partial charge in [-0.05, 0) is 44.0 Å². The van der Waals surface area contributed by atoms with Gasteiger partial charge in [-0.2, -0.15) is 4.98 Å². The average Bonchev–Trinajstić information content (AvgIpc) is 2.74. The molecule has 2 amide bonds. The number of piperidine rings is 1. The molecule has 1 aliphatic heterocycles. The summed E-state index contributed by atoms with van der Waals surface area (Å²) < 4.78 is 5.15. The van der Waals surface area contributed by atoms with Crippen LogP contribution in [0.2, 0.25) is 5.02 Å². The number of nitrogens with zero attached hydrogens (tertiary/aromatic N) is 3. The smallest absolute Gasteiger partial charge is 0.254 e. The lowest BCUT2D eigenvalue weighted by Crippen LogP contribution is -2.53. The lowest BCUT2D eigenvalue weighted by atomic mass is 9.90. The van der Waals surface area contributed by atoms with Gasteiger partial charge in [0.05, 0.1) is 18.8 Å². The minimum Gasteiger partial charge on any atom is -0.480 e. The molecular formula is C21H24ClN5O3. The van der Waals surface area contributed by atoms with Crippen LogP contribution in [0.25, 0.3) is 0 Å². The number of benzene rings is 1. The molecule has 3 rings (SSSR count). The summed E-state index contributed by atoms with van der Waals surface area (Å²) in [7, 11) is 1.49. The number of hydrogen-bond acceptors (Lipinski definition) is 6. The van der Waals surface area contributed by atoms with Crippen LogP contribution in [0.4, 0.5) is 11.6 Å². The lowest BCUT2D eigenvalue weighted by molar-refractivity contribution is -0.111. The van der Waals surface area contributed by atoms with Crippen molar-refractivity contribution in [1.82, 2.24) is 14.9 Å². The predicted molar refractivity (Wildman–Crippen MR) is 116 cm³/mol. The first-order valence-corrected chi connectivity index (χ1v) is 9.89. The Kier molecular flexibility index (Phi) is 6.56. The summed E-state index contributed by atoms with van der Waals surface area (Å²) in [5, 5.41) is 6.32. The summed E-state index contributed by atoms with van der Waals surface area (Å²) >= 11 is 6.00. The van der Waals surface area contributed by atoms with E-state index in [1.807, 2.05) is 6.92 Å². The molecule has 1 aliphatic rings. The molecule has 0 radical (unpaired) electrons. The summed E-state index contributed by atoms with van der Waals surface area (Å²) in [4.78, 5) is 34.9. The zero-order valence-electron chi connectivity index (χ0n) is 16.9. The molecule has 2 heterocycles. The third-order valence-electron chi connectivity index (χ3n) is 4.86. The Balaban J connectivity index is 1.73. The van der Waals surface area contributed by atoms with Gasteiger partial charge in [0.15, 0.2) is 0 Å². The molecular weight excluding hydrogens is 406 g/mol. The first-order valence-electron chi connectivity index (χ1n) is 9.51. The molecule has 1 saturated heterocycles. The van der Waals surface area contributed by atoms with E-state index < -0.39 is 5.54 Å². The van der Waals surface area contributed by atoms with Gasteiger partial charge in [0.1, 0.15) is 5.02 Å². The molecule has 0 spiro atoms. The van der Waals surface area contributed by atoms with E-state index >= 15 is 0 Å². The lowest BCUT2D eigenvalue weighted by Gasteiger charge is -2.41. The van der Waals surface area contributed by atoms with Crippen molar-refractivity contribution < 1.29 is 14.3 Å². The van der Waals surface area contributed by atoms with Crippen LogP contribution >= 0.6 is 11.6 Å². The largest absolute Gasteiger partial charge is 0.480 e. The molecule has 8 nitrogen and oxygen atoms in total. The number of nitrogens with one attached hydrogen (secondary N) is 2. The summed E-state index contributed by atoms with van der Waals surface area (Å²) in [5.74, 6) is 0.252. The second kappa shape index (κ2) is 9.13. The average molecular weight is 430 g/mol. The third kappa shape index (κ3) is 5.07. The fourth-order valence-electron chi connectivity index (χ4n) is 3.45. The maximum atomic E-state index is 13.1. The molecule has 0 unspecified atom stereocenters. The van der Waals surface area contributed by atoms with Gasteiger partial charge in [0, 0.05) is 24.3 Å². The molecule has 2 N–H and O–H groups in total. The van der Waals surface area contributed by atoms with Crippen LogP contribution in [-0.2, 0) is 4.79 Å². The standard InChI is InChI=1S/C21H24ClN5O3/c1-4-17(28)24-15-8-5-7-14(11-15)19(29)27-10-6-9-21(2,13-27)26-20-23-12-16(22)18(25-20)30-3/h4-5,7-8,11-12H,1,6,9-10,13H2,2-3H3,(H,24,28)(H,23,25,26)/t21-/m1/s1. The monoisotopic (exact) mass is 429 g/mol. The minimum atomic E-state index is -0.415. The molecule has 1 fully saturated rings. The zero-order valence-corrected chi connectivity index (χ0v) is 17.7. The van der Waals surface area contributed by atoms with E-state index in [2.05, 4.69) is 27.2 Å². The number of methoxy groups -OCH3 is 1. The maximum absolute atomic E-state index is 13.1. The first kappa shape index (κ1) is 21.6. The highest BCUT2D eigenvalue weighted by molar-refractivity contribution is 6.31. The number of likely N-dealkylation sites (tertiary alicyclic amines) is 1. The molecule has 0 bridgehead atoms. The van der Waals surface area contributed by atoms with Crippen LogP contribution in [0.15, 0.2) is 43.1 Å². The van der Waals surface area contributed by atoms with Crippen LogP contribution in [0.1, 0.15) is 30.1 Å². The summed E-state index contributed by atoms with van der Waals surface area (Å²) in [5.41, 5.74) is 0.636. The normalized spacial score (nSPS) is 18.4. The van der Waals surface area contributed by atoms with Gasteiger partial charge in [0.25, 0.3) is 5.91 Å². The molecule has 1 aromatic carbocycles.